The molecule has 0 saturated carbocycles. The molecule has 31 heavy (non-hydrogen) atoms. The molecule has 0 bridgehead atoms. The van der Waals surface area contributed by atoms with Crippen LogP contribution >= 0.6 is 0 Å². The number of carbonyl (C=O) groups is 1. The Morgan fingerprint density at radius 1 is 1.16 bits per heavy atom. The second-order valence-corrected chi connectivity index (χ2v) is 6.48. The van der Waals surface area contributed by atoms with Gasteiger partial charge in [0, 0.05) is 18.8 Å². The summed E-state index contributed by atoms with van der Waals surface area (Å²) in [6.45, 7) is 0.144. The minimum absolute atomic E-state index is 0. The molecule has 0 unspecified atom stereocenters. The lowest BCUT2D eigenvalue weighted by Crippen LogP contribution is -2.26. The van der Waals surface area contributed by atoms with E-state index >= 15 is 0 Å². The van der Waals surface area contributed by atoms with Gasteiger partial charge in [-0.2, -0.15) is 5.10 Å². The van der Waals surface area contributed by atoms with Gasteiger partial charge in [-0.3, -0.25) is 4.90 Å². The molecule has 0 aliphatic heterocycles. The van der Waals surface area contributed by atoms with Gasteiger partial charge in [-0.15, -0.1) is 0 Å². The van der Waals surface area contributed by atoms with Crippen LogP contribution < -0.4 is 16.4 Å². The monoisotopic (exact) mass is 423 g/mol. The molecule has 0 aliphatic rings. The van der Waals surface area contributed by atoms with E-state index in [1.165, 1.54) is 17.8 Å². The van der Waals surface area contributed by atoms with Crippen molar-refractivity contribution in [1.29, 1.82) is 0 Å². The fraction of sp³-hybridized carbons (Fsp3) is 0.100. The number of amides is 1. The number of carboxylic acid groups (broad SMARTS) is 1. The van der Waals surface area contributed by atoms with Crippen LogP contribution in [-0.2, 0) is 6.54 Å². The van der Waals surface area contributed by atoms with Gasteiger partial charge in [0.05, 0.1) is 11.9 Å². The number of halogens is 1. The highest BCUT2D eigenvalue weighted by atomic mass is 19.1. The van der Waals surface area contributed by atoms with E-state index in [0.717, 1.165) is 4.90 Å². The van der Waals surface area contributed by atoms with Crippen molar-refractivity contribution in [1.82, 2.24) is 24.7 Å². The summed E-state index contributed by atoms with van der Waals surface area (Å²) in [5, 5.41) is 14.3. The van der Waals surface area contributed by atoms with Gasteiger partial charge >= 0.3 is 6.09 Å². The summed E-state index contributed by atoms with van der Waals surface area (Å²) in [4.78, 5) is 24.8. The van der Waals surface area contributed by atoms with Crippen LogP contribution in [0, 0.1) is 13.2 Å². The van der Waals surface area contributed by atoms with Gasteiger partial charge in [0.2, 0.25) is 0 Å². The highest BCUT2D eigenvalue weighted by Gasteiger charge is 2.22. The van der Waals surface area contributed by atoms with E-state index in [0.29, 0.717) is 22.3 Å². The molecule has 0 aliphatic carbocycles. The van der Waals surface area contributed by atoms with Crippen LogP contribution in [0.5, 0.6) is 0 Å². The molecule has 0 saturated heterocycles. The summed E-state index contributed by atoms with van der Waals surface area (Å²) in [5.74, 6) is -0.464. The SMILES string of the molecule is CN(C(=O)O)c1c(N)nc(-c2nn(Cc3ccccc3F)c3ncccc23)nc1N.[CH3]. The number of nitrogens with zero attached hydrogens (tertiary/aromatic N) is 6. The van der Waals surface area contributed by atoms with Crippen molar-refractivity contribution in [3.8, 4) is 11.5 Å². The summed E-state index contributed by atoms with van der Waals surface area (Å²) >= 11 is 0. The average Bonchev–Trinajstić information content (AvgIpc) is 3.07. The van der Waals surface area contributed by atoms with Crippen molar-refractivity contribution >= 4 is 34.4 Å². The van der Waals surface area contributed by atoms with Gasteiger partial charge < -0.3 is 16.6 Å². The molecule has 11 heteroatoms. The van der Waals surface area contributed by atoms with Crippen molar-refractivity contribution in [2.24, 2.45) is 0 Å². The van der Waals surface area contributed by atoms with E-state index in [1.807, 2.05) is 0 Å². The molecular weight excluding hydrogens is 403 g/mol. The Hall–Kier alpha value is -4.28. The van der Waals surface area contributed by atoms with Gasteiger partial charge in [-0.25, -0.2) is 28.8 Å². The number of hydrogen-bond donors (Lipinski definition) is 3. The zero-order valence-electron chi connectivity index (χ0n) is 16.8. The summed E-state index contributed by atoms with van der Waals surface area (Å²) in [7, 11) is 1.29. The lowest BCUT2D eigenvalue weighted by Gasteiger charge is -2.16. The van der Waals surface area contributed by atoms with E-state index in [2.05, 4.69) is 20.1 Å². The van der Waals surface area contributed by atoms with Gasteiger partial charge in [0.15, 0.2) is 23.1 Å². The highest BCUT2D eigenvalue weighted by Crippen LogP contribution is 2.32. The topological polar surface area (TPSA) is 149 Å². The average molecular weight is 423 g/mol. The van der Waals surface area contributed by atoms with E-state index < -0.39 is 6.09 Å². The predicted molar refractivity (Wildman–Crippen MR) is 116 cm³/mol. The predicted octanol–water partition coefficient (Wildman–Crippen LogP) is 2.80. The number of anilines is 3. The Balaban J connectivity index is 0.00000272. The number of fused-ring (bicyclic) bond motifs is 1. The largest absolute Gasteiger partial charge is 0.465 e. The summed E-state index contributed by atoms with van der Waals surface area (Å²) < 4.78 is 15.7. The van der Waals surface area contributed by atoms with Crippen LogP contribution in [0.3, 0.4) is 0 Å². The second kappa shape index (κ2) is 8.22. The Labute approximate surface area is 177 Å². The van der Waals surface area contributed by atoms with E-state index in [9.17, 15) is 14.3 Å². The highest BCUT2D eigenvalue weighted by molar-refractivity contribution is 5.95. The molecule has 3 heterocycles. The van der Waals surface area contributed by atoms with Gasteiger partial charge in [0.1, 0.15) is 17.2 Å². The quantitative estimate of drug-likeness (QED) is 0.454. The normalized spacial score (nSPS) is 10.6. The maximum atomic E-state index is 14.1. The lowest BCUT2D eigenvalue weighted by molar-refractivity contribution is 0.203. The fourth-order valence-electron chi connectivity index (χ4n) is 3.11. The molecule has 10 nitrogen and oxygen atoms in total. The van der Waals surface area contributed by atoms with Crippen LogP contribution in [0.25, 0.3) is 22.6 Å². The molecule has 3 aromatic heterocycles. The zero-order valence-corrected chi connectivity index (χ0v) is 16.8. The fourth-order valence-corrected chi connectivity index (χ4v) is 3.11. The third-order valence-electron chi connectivity index (χ3n) is 4.56. The van der Waals surface area contributed by atoms with Crippen LogP contribution in [0.1, 0.15) is 5.56 Å². The molecule has 0 fully saturated rings. The number of rotatable bonds is 4. The van der Waals surface area contributed by atoms with Crippen molar-refractivity contribution in [3.05, 3.63) is 61.4 Å². The molecule has 4 aromatic rings. The van der Waals surface area contributed by atoms with Crippen LogP contribution in [0.2, 0.25) is 0 Å². The minimum Gasteiger partial charge on any atom is -0.465 e. The number of pyridine rings is 1. The number of benzene rings is 1. The summed E-state index contributed by atoms with van der Waals surface area (Å²) in [6, 6.07) is 9.88. The first-order valence-corrected chi connectivity index (χ1v) is 8.81. The first-order valence-electron chi connectivity index (χ1n) is 8.81. The van der Waals surface area contributed by atoms with Gasteiger partial charge in [-0.1, -0.05) is 25.6 Å². The minimum atomic E-state index is -1.26. The summed E-state index contributed by atoms with van der Waals surface area (Å²) in [6.07, 6.45) is 0.341. The third-order valence-corrected chi connectivity index (χ3v) is 4.56. The molecule has 4 rings (SSSR count). The van der Waals surface area contributed by atoms with Crippen molar-refractivity contribution in [2.45, 2.75) is 6.54 Å². The third kappa shape index (κ3) is 3.80. The maximum Gasteiger partial charge on any atom is 0.411 e. The molecule has 0 spiro atoms. The Bertz CT molecular complexity index is 1250. The summed E-state index contributed by atoms with van der Waals surface area (Å²) in [5.41, 5.74) is 13.2. The number of aromatic nitrogens is 5. The van der Waals surface area contributed by atoms with Crippen molar-refractivity contribution < 1.29 is 14.3 Å². The maximum absolute atomic E-state index is 14.1. The molecule has 1 amide bonds. The van der Waals surface area contributed by atoms with E-state index in [-0.39, 0.29) is 42.9 Å². The number of nitrogen functional groups attached to an aromatic ring is 2. The van der Waals surface area contributed by atoms with Gasteiger partial charge in [-0.05, 0) is 18.2 Å². The van der Waals surface area contributed by atoms with Crippen molar-refractivity contribution in [3.63, 3.8) is 0 Å². The molecule has 0 atom stereocenters. The number of hydrogen-bond acceptors (Lipinski definition) is 7. The molecule has 159 valence electrons. The van der Waals surface area contributed by atoms with Crippen LogP contribution in [0.15, 0.2) is 42.6 Å². The lowest BCUT2D eigenvalue weighted by atomic mass is 10.2. The first kappa shape index (κ1) is 21.4. The molecule has 1 radical (unpaired) electrons. The van der Waals surface area contributed by atoms with Crippen molar-refractivity contribution in [2.75, 3.05) is 23.4 Å². The van der Waals surface area contributed by atoms with E-state index in [4.69, 9.17) is 11.5 Å². The van der Waals surface area contributed by atoms with Crippen LogP contribution in [0.4, 0.5) is 26.5 Å². The molecular formula is C20H20FN8O2. The molecule has 5 N–H and O–H groups in total. The Morgan fingerprint density at radius 3 is 2.48 bits per heavy atom. The van der Waals surface area contributed by atoms with Crippen LogP contribution in [-0.4, -0.2) is 43.0 Å². The van der Waals surface area contributed by atoms with E-state index in [1.54, 1.807) is 36.5 Å². The smallest absolute Gasteiger partial charge is 0.411 e. The molecule has 1 aromatic carbocycles. The Morgan fingerprint density at radius 2 is 1.84 bits per heavy atom. The second-order valence-electron chi connectivity index (χ2n) is 6.48. The first-order chi connectivity index (χ1) is 14.4. The number of nitrogens with two attached hydrogens (primary N) is 2. The Kier molecular flexibility index (Phi) is 5.68. The standard InChI is InChI=1S/C19H17FN8O2.CH3/c1-27(19(29)30)14-15(21)24-17(25-16(14)22)13-11-6-4-8-23-18(11)28(26-13)9-10-5-2-3-7-12(10)20;/h2-8H,9H2,1H3,(H,29,30)(H4,21,22,24,25);1H3. The zero-order chi connectivity index (χ0) is 21.4. The van der Waals surface area contributed by atoms with Gasteiger partial charge in [0.25, 0.3) is 0 Å².